The van der Waals surface area contributed by atoms with E-state index in [1.165, 1.54) is 0 Å². The summed E-state index contributed by atoms with van der Waals surface area (Å²) in [5.41, 5.74) is 0.689. The third kappa shape index (κ3) is 2.95. The minimum Gasteiger partial charge on any atom is -0.450 e. The van der Waals surface area contributed by atoms with Crippen molar-refractivity contribution < 1.29 is 9.82 Å². The maximum Gasteiger partial charge on any atom is 0.328 e. The van der Waals surface area contributed by atoms with Crippen LogP contribution < -0.4 is 10.4 Å². The number of hydrogen-bond donors (Lipinski definition) is 1. The van der Waals surface area contributed by atoms with Crippen LogP contribution in [0.4, 0.5) is 5.82 Å². The first-order valence-corrected chi connectivity index (χ1v) is 7.06. The fraction of sp³-hybridized carbons (Fsp3) is 0.571. The van der Waals surface area contributed by atoms with E-state index in [0.717, 1.165) is 26.4 Å². The lowest BCUT2D eigenvalue weighted by Gasteiger charge is -2.45. The number of aromatic nitrogens is 1. The Kier molecular flexibility index (Phi) is 4.65. The number of amides is 1. The first-order chi connectivity index (χ1) is 9.56. The molecule has 1 amide bonds. The highest BCUT2D eigenvalue weighted by Gasteiger charge is 2.32. The Hall–Kier alpha value is -1.56. The van der Waals surface area contributed by atoms with Crippen molar-refractivity contribution in [1.82, 2.24) is 9.88 Å². The number of nitrogens with zero attached hydrogens (tertiary/aromatic N) is 3. The predicted octanol–water partition coefficient (Wildman–Crippen LogP) is 0.154. The Bertz CT molecular complexity index is 454. The van der Waals surface area contributed by atoms with E-state index in [1.54, 1.807) is 6.20 Å². The minimum absolute atomic E-state index is 0.178. The molecule has 0 saturated carbocycles. The number of hydrogen-bond acceptors (Lipinski definition) is 4. The molecule has 1 aromatic rings. The number of rotatable bonds is 3. The lowest BCUT2D eigenvalue weighted by molar-refractivity contribution is -0.135. The van der Waals surface area contributed by atoms with Gasteiger partial charge in [0.05, 0.1) is 0 Å². The van der Waals surface area contributed by atoms with Crippen molar-refractivity contribution in [3.05, 3.63) is 18.3 Å². The molecule has 2 heterocycles. The summed E-state index contributed by atoms with van der Waals surface area (Å²) in [6.07, 6.45) is 2.20. The van der Waals surface area contributed by atoms with Gasteiger partial charge < -0.3 is 14.8 Å². The molecule has 0 aromatic carbocycles. The van der Waals surface area contributed by atoms with Gasteiger partial charge in [-0.15, -0.1) is 0 Å². The summed E-state index contributed by atoms with van der Waals surface area (Å²) in [4.78, 5) is 20.5. The molecule has 0 aliphatic carbocycles. The Morgan fingerprint density at radius 2 is 2.05 bits per heavy atom. The zero-order valence-corrected chi connectivity index (χ0v) is 12.3. The molecule has 2 rings (SSSR count). The highest BCUT2D eigenvalue weighted by Crippen LogP contribution is 2.21. The molecule has 0 bridgehead atoms. The molecule has 1 saturated heterocycles. The molecular weight excluding hydrogens is 253 g/mol. The normalized spacial score (nSPS) is 22.8. The van der Waals surface area contributed by atoms with Crippen molar-refractivity contribution in [2.45, 2.75) is 39.3 Å². The zero-order chi connectivity index (χ0) is 14.7. The van der Waals surface area contributed by atoms with E-state index in [9.17, 15) is 4.79 Å². The largest absolute Gasteiger partial charge is 0.450 e. The molecular formula is C14H21BN3O2. The molecule has 1 aliphatic rings. The van der Waals surface area contributed by atoms with Gasteiger partial charge in [0.15, 0.2) is 0 Å². The first kappa shape index (κ1) is 14.8. The van der Waals surface area contributed by atoms with Gasteiger partial charge in [0.2, 0.25) is 5.91 Å². The number of piperazine rings is 1. The van der Waals surface area contributed by atoms with Crippen molar-refractivity contribution in [3.8, 4) is 0 Å². The van der Waals surface area contributed by atoms with Crippen LogP contribution in [0.5, 0.6) is 0 Å². The van der Waals surface area contributed by atoms with Crippen molar-refractivity contribution in [3.63, 3.8) is 0 Å². The SMILES string of the molecule is CCC(=O)N1[C@H](C)CN(c2ccc([B]O)cn2)C[C@@H]1C. The standard InChI is InChI=1S/C14H21BN3O2/c1-4-14(19)18-10(2)8-17(9-11(18)3)13-6-5-12(15-20)7-16-13/h5-7,10-11,20H,4,8-9H2,1-3H3/t10-,11+. The fourth-order valence-electron chi connectivity index (χ4n) is 2.84. The molecule has 20 heavy (non-hydrogen) atoms. The number of carbonyl (C=O) groups is 1. The molecule has 107 valence electrons. The molecule has 1 aromatic heterocycles. The highest BCUT2D eigenvalue weighted by atomic mass is 16.2. The van der Waals surface area contributed by atoms with Crippen LogP contribution in [0.3, 0.4) is 0 Å². The van der Waals surface area contributed by atoms with Gasteiger partial charge in [-0.3, -0.25) is 4.79 Å². The first-order valence-electron chi connectivity index (χ1n) is 7.06. The average Bonchev–Trinajstić information content (AvgIpc) is 2.46. The molecule has 1 fully saturated rings. The van der Waals surface area contributed by atoms with E-state index in [2.05, 4.69) is 23.7 Å². The van der Waals surface area contributed by atoms with Crippen molar-refractivity contribution in [1.29, 1.82) is 0 Å². The fourth-order valence-corrected chi connectivity index (χ4v) is 2.84. The Labute approximate surface area is 120 Å². The molecule has 1 aliphatic heterocycles. The summed E-state index contributed by atoms with van der Waals surface area (Å²) in [5.74, 6) is 1.10. The van der Waals surface area contributed by atoms with Crippen LogP contribution in [-0.2, 0) is 4.79 Å². The van der Waals surface area contributed by atoms with Gasteiger partial charge in [-0.2, -0.15) is 0 Å². The Balaban J connectivity index is 2.11. The van der Waals surface area contributed by atoms with Gasteiger partial charge in [0, 0.05) is 37.8 Å². The van der Waals surface area contributed by atoms with Crippen LogP contribution >= 0.6 is 0 Å². The second-order valence-electron chi connectivity index (χ2n) is 5.34. The van der Waals surface area contributed by atoms with E-state index >= 15 is 0 Å². The Morgan fingerprint density at radius 1 is 1.40 bits per heavy atom. The maximum atomic E-state index is 12.0. The molecule has 0 unspecified atom stereocenters. The zero-order valence-electron chi connectivity index (χ0n) is 12.3. The molecule has 2 atom stereocenters. The van der Waals surface area contributed by atoms with Crippen molar-refractivity contribution >= 4 is 24.7 Å². The van der Waals surface area contributed by atoms with Crippen molar-refractivity contribution in [2.75, 3.05) is 18.0 Å². The van der Waals surface area contributed by atoms with Crippen LogP contribution in [0.15, 0.2) is 18.3 Å². The van der Waals surface area contributed by atoms with E-state index in [4.69, 9.17) is 5.02 Å². The molecule has 1 radical (unpaired) electrons. The lowest BCUT2D eigenvalue weighted by Crippen LogP contribution is -2.58. The second kappa shape index (κ2) is 6.26. The second-order valence-corrected chi connectivity index (χ2v) is 5.34. The summed E-state index contributed by atoms with van der Waals surface area (Å²) >= 11 is 0. The van der Waals surface area contributed by atoms with Gasteiger partial charge in [-0.05, 0) is 25.4 Å². The monoisotopic (exact) mass is 274 g/mol. The third-order valence-electron chi connectivity index (χ3n) is 3.75. The molecule has 1 N–H and O–H groups in total. The maximum absolute atomic E-state index is 12.0. The summed E-state index contributed by atoms with van der Waals surface area (Å²) in [6.45, 7) is 7.62. The summed E-state index contributed by atoms with van der Waals surface area (Å²) in [7, 11) is 1.04. The van der Waals surface area contributed by atoms with Crippen LogP contribution in [0.25, 0.3) is 0 Å². The summed E-state index contributed by atoms with van der Waals surface area (Å²) in [6, 6.07) is 4.09. The van der Waals surface area contributed by atoms with Crippen molar-refractivity contribution in [2.24, 2.45) is 0 Å². The van der Waals surface area contributed by atoms with Crippen LogP contribution in [0.2, 0.25) is 0 Å². The molecule has 5 nitrogen and oxygen atoms in total. The topological polar surface area (TPSA) is 56.7 Å². The van der Waals surface area contributed by atoms with Gasteiger partial charge in [0.25, 0.3) is 0 Å². The number of pyridine rings is 1. The quantitative estimate of drug-likeness (QED) is 0.797. The minimum atomic E-state index is 0.178. The lowest BCUT2D eigenvalue weighted by atomic mass is 9.91. The van der Waals surface area contributed by atoms with Crippen LogP contribution in [0, 0.1) is 0 Å². The molecule has 0 spiro atoms. The van der Waals surface area contributed by atoms with Crippen LogP contribution in [-0.4, -0.2) is 53.5 Å². The van der Waals surface area contributed by atoms with E-state index < -0.39 is 0 Å². The van der Waals surface area contributed by atoms with Gasteiger partial charge >= 0.3 is 7.48 Å². The predicted molar refractivity (Wildman–Crippen MR) is 80.1 cm³/mol. The highest BCUT2D eigenvalue weighted by molar-refractivity contribution is 6.45. The van der Waals surface area contributed by atoms with E-state index in [1.807, 2.05) is 24.0 Å². The average molecular weight is 274 g/mol. The van der Waals surface area contributed by atoms with Gasteiger partial charge in [0.1, 0.15) is 5.82 Å². The van der Waals surface area contributed by atoms with Gasteiger partial charge in [-0.1, -0.05) is 13.0 Å². The van der Waals surface area contributed by atoms with Gasteiger partial charge in [-0.25, -0.2) is 4.98 Å². The number of carbonyl (C=O) groups excluding carboxylic acids is 1. The van der Waals surface area contributed by atoms with E-state index in [-0.39, 0.29) is 18.0 Å². The Morgan fingerprint density at radius 3 is 2.50 bits per heavy atom. The van der Waals surface area contributed by atoms with Crippen LogP contribution in [0.1, 0.15) is 27.2 Å². The summed E-state index contributed by atoms with van der Waals surface area (Å²) in [5, 5.41) is 8.92. The smallest absolute Gasteiger partial charge is 0.328 e. The molecule has 6 heteroatoms. The van der Waals surface area contributed by atoms with E-state index in [0.29, 0.717) is 11.9 Å². The number of anilines is 1. The third-order valence-corrected chi connectivity index (χ3v) is 3.75. The summed E-state index contributed by atoms with van der Waals surface area (Å²) < 4.78 is 0.